The molecule has 0 amide bonds. The Kier molecular flexibility index (Phi) is 23.6. The third kappa shape index (κ3) is 17.1. The smallest absolute Gasteiger partial charge is 0.318 e. The summed E-state index contributed by atoms with van der Waals surface area (Å²) in [4.78, 5) is 7.91. The molecular formula is C28H47N5O2. The summed E-state index contributed by atoms with van der Waals surface area (Å²) in [7, 11) is 0. The van der Waals surface area contributed by atoms with Crippen LogP contribution in [0.2, 0.25) is 0 Å². The van der Waals surface area contributed by atoms with E-state index in [-0.39, 0.29) is 12.7 Å². The van der Waals surface area contributed by atoms with Crippen molar-refractivity contribution in [2.45, 2.75) is 68.0 Å². The quantitative estimate of drug-likeness (QED) is 0.380. The minimum atomic E-state index is -0.0301. The Morgan fingerprint density at radius 3 is 2.17 bits per heavy atom. The SMILES string of the molecule is CC.CC.CC.CC1=CC=C(CN)CC=C1.Nc1ccnc(OCc2ccc(CNCO)cc2)n1. The predicted octanol–water partition coefficient (Wildman–Crippen LogP) is 5.53. The molecule has 0 atom stereocenters. The van der Waals surface area contributed by atoms with Crippen LogP contribution in [0.5, 0.6) is 6.01 Å². The Bertz CT molecular complexity index is 847. The molecule has 7 heteroatoms. The molecule has 1 heterocycles. The van der Waals surface area contributed by atoms with Crippen LogP contribution in [0.15, 0.2) is 72.0 Å². The van der Waals surface area contributed by atoms with Crippen LogP contribution >= 0.6 is 0 Å². The Hall–Kier alpha value is -3.00. The number of nitrogens with zero attached hydrogens (tertiary/aromatic N) is 2. The lowest BCUT2D eigenvalue weighted by Crippen LogP contribution is -2.13. The summed E-state index contributed by atoms with van der Waals surface area (Å²) in [5, 5.41) is 11.5. The number of hydrogen-bond acceptors (Lipinski definition) is 7. The number of anilines is 1. The molecule has 0 radical (unpaired) electrons. The lowest BCUT2D eigenvalue weighted by Gasteiger charge is -2.06. The minimum Gasteiger partial charge on any atom is -0.459 e. The molecule has 0 saturated heterocycles. The molecule has 0 aliphatic heterocycles. The molecule has 7 nitrogen and oxygen atoms in total. The van der Waals surface area contributed by atoms with Crippen LogP contribution in [-0.4, -0.2) is 28.4 Å². The van der Waals surface area contributed by atoms with Gasteiger partial charge < -0.3 is 21.3 Å². The van der Waals surface area contributed by atoms with E-state index in [2.05, 4.69) is 46.5 Å². The third-order valence-corrected chi connectivity index (χ3v) is 4.09. The van der Waals surface area contributed by atoms with E-state index in [0.29, 0.717) is 25.5 Å². The molecule has 35 heavy (non-hydrogen) atoms. The van der Waals surface area contributed by atoms with Gasteiger partial charge in [0, 0.05) is 19.3 Å². The lowest BCUT2D eigenvalue weighted by molar-refractivity contribution is 0.259. The summed E-state index contributed by atoms with van der Waals surface area (Å²) in [6, 6.07) is 9.74. The zero-order valence-corrected chi connectivity index (χ0v) is 22.7. The number of ether oxygens (including phenoxy) is 1. The van der Waals surface area contributed by atoms with Crippen LogP contribution in [-0.2, 0) is 13.2 Å². The number of aromatic nitrogens is 2. The third-order valence-electron chi connectivity index (χ3n) is 4.09. The summed E-state index contributed by atoms with van der Waals surface area (Å²) >= 11 is 0. The van der Waals surface area contributed by atoms with Gasteiger partial charge in [-0.1, -0.05) is 101 Å². The number of nitrogen functional groups attached to an aromatic ring is 1. The zero-order valence-electron chi connectivity index (χ0n) is 22.7. The molecule has 2 aromatic rings. The Balaban J connectivity index is 0. The number of nitrogens with one attached hydrogen (secondary N) is 1. The van der Waals surface area contributed by atoms with E-state index >= 15 is 0 Å². The fourth-order valence-corrected chi connectivity index (χ4v) is 2.45. The Morgan fingerprint density at radius 1 is 0.971 bits per heavy atom. The second kappa shape index (κ2) is 24.1. The number of benzene rings is 1. The summed E-state index contributed by atoms with van der Waals surface area (Å²) in [5.41, 5.74) is 15.7. The molecule has 1 aliphatic carbocycles. The molecule has 1 aromatic carbocycles. The van der Waals surface area contributed by atoms with Crippen molar-refractivity contribution in [2.75, 3.05) is 19.0 Å². The van der Waals surface area contributed by atoms with Gasteiger partial charge in [0.15, 0.2) is 0 Å². The van der Waals surface area contributed by atoms with E-state index in [0.717, 1.165) is 17.5 Å². The topological polar surface area (TPSA) is 119 Å². The minimum absolute atomic E-state index is 0.0301. The van der Waals surface area contributed by atoms with Crippen molar-refractivity contribution < 1.29 is 9.84 Å². The highest BCUT2D eigenvalue weighted by molar-refractivity contribution is 5.30. The molecule has 0 spiro atoms. The first-order valence-corrected chi connectivity index (χ1v) is 12.4. The molecule has 196 valence electrons. The van der Waals surface area contributed by atoms with Crippen LogP contribution in [0.3, 0.4) is 0 Å². The second-order valence-electron chi connectivity index (χ2n) is 6.50. The molecule has 0 bridgehead atoms. The van der Waals surface area contributed by atoms with Crippen molar-refractivity contribution in [1.29, 1.82) is 0 Å². The van der Waals surface area contributed by atoms with E-state index in [9.17, 15) is 0 Å². The summed E-state index contributed by atoms with van der Waals surface area (Å²) in [5.74, 6) is 0.385. The number of aliphatic hydroxyl groups excluding tert-OH is 1. The van der Waals surface area contributed by atoms with E-state index in [1.165, 1.54) is 11.1 Å². The van der Waals surface area contributed by atoms with E-state index in [1.807, 2.05) is 65.8 Å². The van der Waals surface area contributed by atoms with Gasteiger partial charge in [0.1, 0.15) is 12.4 Å². The van der Waals surface area contributed by atoms with Crippen LogP contribution in [0, 0.1) is 0 Å². The standard InChI is InChI=1S/C13H16N4O2.C9H13N.3C2H6/c14-12-5-6-16-13(17-12)19-8-11-3-1-10(2-4-11)7-15-9-18;1-8-3-2-4-9(7-10)6-5-8;3*1-2/h1-6,15,18H,7-9H2,(H2,14,16,17);2-3,5-6H,4,7,10H2,1H3;3*1-2H3. The van der Waals surface area contributed by atoms with Crippen LogP contribution in [0.1, 0.15) is 66.0 Å². The van der Waals surface area contributed by atoms with Crippen LogP contribution < -0.4 is 21.5 Å². The maximum atomic E-state index is 8.66. The zero-order chi connectivity index (χ0) is 26.9. The number of nitrogens with two attached hydrogens (primary N) is 2. The van der Waals surface area contributed by atoms with Gasteiger partial charge in [-0.3, -0.25) is 5.32 Å². The highest BCUT2D eigenvalue weighted by atomic mass is 16.5. The first-order valence-electron chi connectivity index (χ1n) is 12.4. The summed E-state index contributed by atoms with van der Waals surface area (Å²) < 4.78 is 5.44. The van der Waals surface area contributed by atoms with Gasteiger partial charge in [-0.05, 0) is 30.5 Å². The molecule has 3 rings (SSSR count). The van der Waals surface area contributed by atoms with Crippen molar-refractivity contribution in [1.82, 2.24) is 15.3 Å². The maximum absolute atomic E-state index is 8.66. The Labute approximate surface area is 213 Å². The van der Waals surface area contributed by atoms with Gasteiger partial charge in [0.05, 0.1) is 6.73 Å². The number of hydrogen-bond donors (Lipinski definition) is 4. The molecule has 1 aliphatic rings. The molecule has 6 N–H and O–H groups in total. The molecule has 1 aromatic heterocycles. The number of allylic oxidation sites excluding steroid dienone is 5. The van der Waals surface area contributed by atoms with Crippen molar-refractivity contribution in [2.24, 2.45) is 5.73 Å². The molecule has 0 saturated carbocycles. The van der Waals surface area contributed by atoms with Crippen LogP contribution in [0.25, 0.3) is 0 Å². The molecule has 0 fully saturated rings. The average molecular weight is 486 g/mol. The second-order valence-corrected chi connectivity index (χ2v) is 6.50. The van der Waals surface area contributed by atoms with Crippen LogP contribution in [0.4, 0.5) is 5.82 Å². The van der Waals surface area contributed by atoms with E-state index in [1.54, 1.807) is 12.3 Å². The highest BCUT2D eigenvalue weighted by Crippen LogP contribution is 2.10. The first kappa shape index (κ1) is 34.2. The van der Waals surface area contributed by atoms with Gasteiger partial charge >= 0.3 is 6.01 Å². The van der Waals surface area contributed by atoms with Crippen molar-refractivity contribution in [3.8, 4) is 6.01 Å². The largest absolute Gasteiger partial charge is 0.459 e. The van der Waals surface area contributed by atoms with E-state index < -0.39 is 0 Å². The molecular weight excluding hydrogens is 438 g/mol. The Morgan fingerprint density at radius 2 is 1.60 bits per heavy atom. The maximum Gasteiger partial charge on any atom is 0.318 e. The van der Waals surface area contributed by atoms with Gasteiger partial charge in [-0.2, -0.15) is 4.98 Å². The monoisotopic (exact) mass is 485 g/mol. The first-order chi connectivity index (χ1) is 17.1. The highest BCUT2D eigenvalue weighted by Gasteiger charge is 2.00. The lowest BCUT2D eigenvalue weighted by atomic mass is 10.1. The summed E-state index contributed by atoms with van der Waals surface area (Å²) in [6.45, 7) is 15.8. The van der Waals surface area contributed by atoms with Gasteiger partial charge in [0.25, 0.3) is 0 Å². The summed E-state index contributed by atoms with van der Waals surface area (Å²) in [6.07, 6.45) is 11.0. The van der Waals surface area contributed by atoms with Gasteiger partial charge in [-0.15, -0.1) is 0 Å². The number of aliphatic hydroxyl groups is 1. The van der Waals surface area contributed by atoms with Crippen molar-refractivity contribution >= 4 is 5.82 Å². The normalized spacial score (nSPS) is 11.2. The average Bonchev–Trinajstić information content (AvgIpc) is 3.14. The predicted molar refractivity (Wildman–Crippen MR) is 150 cm³/mol. The van der Waals surface area contributed by atoms with Gasteiger partial charge in [-0.25, -0.2) is 4.98 Å². The number of rotatable bonds is 7. The van der Waals surface area contributed by atoms with Gasteiger partial charge in [0.2, 0.25) is 0 Å². The fourth-order valence-electron chi connectivity index (χ4n) is 2.45. The fraction of sp³-hybridized carbons (Fsp3) is 0.429. The van der Waals surface area contributed by atoms with Crippen molar-refractivity contribution in [3.63, 3.8) is 0 Å². The van der Waals surface area contributed by atoms with Crippen molar-refractivity contribution in [3.05, 3.63) is 83.1 Å². The van der Waals surface area contributed by atoms with E-state index in [4.69, 9.17) is 21.3 Å². The molecule has 0 unspecified atom stereocenters.